The predicted molar refractivity (Wildman–Crippen MR) is 98.6 cm³/mol. The number of hydrogen-bond acceptors (Lipinski definition) is 3. The molecule has 1 aliphatic heterocycles. The van der Waals surface area contributed by atoms with Gasteiger partial charge in [0.05, 0.1) is 19.1 Å². The first-order valence-electron chi connectivity index (χ1n) is 8.76. The van der Waals surface area contributed by atoms with Crippen molar-refractivity contribution >= 4 is 17.9 Å². The van der Waals surface area contributed by atoms with E-state index in [9.17, 15) is 9.59 Å². The van der Waals surface area contributed by atoms with E-state index >= 15 is 0 Å². The highest BCUT2D eigenvalue weighted by Crippen LogP contribution is 2.33. The second kappa shape index (κ2) is 8.81. The van der Waals surface area contributed by atoms with Crippen molar-refractivity contribution in [2.75, 3.05) is 26.8 Å². The lowest BCUT2D eigenvalue weighted by Gasteiger charge is -2.34. The number of nitrogens with zero attached hydrogens (tertiary/aromatic N) is 2. The minimum absolute atomic E-state index is 0.0482. The van der Waals surface area contributed by atoms with Gasteiger partial charge in [0.2, 0.25) is 11.8 Å². The molecule has 1 unspecified atom stereocenters. The van der Waals surface area contributed by atoms with Crippen LogP contribution in [0.15, 0.2) is 30.5 Å². The van der Waals surface area contributed by atoms with Crippen LogP contribution >= 0.6 is 0 Å². The largest absolute Gasteiger partial charge is 0.383 e. The number of carbonyl (C=O) groups is 2. The summed E-state index contributed by atoms with van der Waals surface area (Å²) in [6.45, 7) is 7.48. The van der Waals surface area contributed by atoms with Crippen LogP contribution < -0.4 is 0 Å². The van der Waals surface area contributed by atoms with E-state index in [1.165, 1.54) is 6.92 Å². The van der Waals surface area contributed by atoms with Crippen molar-refractivity contribution < 1.29 is 14.3 Å². The van der Waals surface area contributed by atoms with E-state index < -0.39 is 0 Å². The molecule has 5 heteroatoms. The molecule has 2 rings (SSSR count). The lowest BCUT2D eigenvalue weighted by Crippen LogP contribution is -2.40. The molecule has 0 fully saturated rings. The molecule has 1 aromatic carbocycles. The molecule has 0 N–H and O–H groups in total. The van der Waals surface area contributed by atoms with Crippen molar-refractivity contribution in [3.05, 3.63) is 41.6 Å². The Kier molecular flexibility index (Phi) is 6.76. The molecule has 0 aliphatic carbocycles. The highest BCUT2D eigenvalue weighted by molar-refractivity contribution is 5.82. The summed E-state index contributed by atoms with van der Waals surface area (Å²) in [5, 5.41) is 0. The molecule has 0 saturated heterocycles. The first kappa shape index (κ1) is 19.2. The number of fused-ring (bicyclic) bond motifs is 1. The van der Waals surface area contributed by atoms with Gasteiger partial charge in [0.1, 0.15) is 0 Å². The smallest absolute Gasteiger partial charge is 0.225 e. The van der Waals surface area contributed by atoms with Crippen LogP contribution in [0.5, 0.6) is 0 Å². The van der Waals surface area contributed by atoms with Crippen LogP contribution in [0.4, 0.5) is 0 Å². The average Bonchev–Trinajstić information content (AvgIpc) is 2.58. The number of ether oxygens (including phenoxy) is 1. The van der Waals surface area contributed by atoms with Crippen molar-refractivity contribution in [2.45, 2.75) is 33.2 Å². The van der Waals surface area contributed by atoms with Crippen LogP contribution in [0.3, 0.4) is 0 Å². The Hall–Kier alpha value is -2.14. The molecule has 1 heterocycles. The Labute approximate surface area is 150 Å². The molecule has 0 aromatic heterocycles. The molecule has 136 valence electrons. The summed E-state index contributed by atoms with van der Waals surface area (Å²) in [5.41, 5.74) is 2.08. The standard InChI is InChI=1S/C20H28N2O3/c1-15(2)14-21(11-12-25-4)20(24)13-19-18-8-6-5-7-17(18)9-10-22(19)16(3)23/h5-10,15,19H,11-14H2,1-4H3. The molecule has 5 nitrogen and oxygen atoms in total. The van der Waals surface area contributed by atoms with Crippen LogP contribution in [0.1, 0.15) is 44.4 Å². The molecule has 0 saturated carbocycles. The van der Waals surface area contributed by atoms with Crippen molar-refractivity contribution in [3.8, 4) is 0 Å². The van der Waals surface area contributed by atoms with E-state index in [0.717, 1.165) is 11.1 Å². The Bertz CT molecular complexity index is 640. The first-order valence-corrected chi connectivity index (χ1v) is 8.76. The monoisotopic (exact) mass is 344 g/mol. The van der Waals surface area contributed by atoms with E-state index in [1.807, 2.05) is 35.2 Å². The molecular formula is C20H28N2O3. The third-order valence-electron chi connectivity index (χ3n) is 4.34. The molecule has 1 aliphatic rings. The summed E-state index contributed by atoms with van der Waals surface area (Å²) >= 11 is 0. The summed E-state index contributed by atoms with van der Waals surface area (Å²) in [4.78, 5) is 28.5. The van der Waals surface area contributed by atoms with Crippen LogP contribution in [-0.4, -0.2) is 48.4 Å². The maximum Gasteiger partial charge on any atom is 0.225 e. The van der Waals surface area contributed by atoms with E-state index in [1.54, 1.807) is 18.2 Å². The van der Waals surface area contributed by atoms with Gasteiger partial charge in [-0.15, -0.1) is 0 Å². The molecule has 0 radical (unpaired) electrons. The summed E-state index contributed by atoms with van der Waals surface area (Å²) < 4.78 is 5.14. The fourth-order valence-electron chi connectivity index (χ4n) is 3.17. The zero-order valence-corrected chi connectivity index (χ0v) is 15.6. The van der Waals surface area contributed by atoms with Gasteiger partial charge in [0, 0.05) is 33.3 Å². The van der Waals surface area contributed by atoms with Gasteiger partial charge >= 0.3 is 0 Å². The highest BCUT2D eigenvalue weighted by Gasteiger charge is 2.29. The minimum atomic E-state index is -0.261. The minimum Gasteiger partial charge on any atom is -0.383 e. The normalized spacial score (nSPS) is 16.0. The van der Waals surface area contributed by atoms with Gasteiger partial charge in [-0.2, -0.15) is 0 Å². The quantitative estimate of drug-likeness (QED) is 0.764. The van der Waals surface area contributed by atoms with Crippen molar-refractivity contribution in [2.24, 2.45) is 5.92 Å². The van der Waals surface area contributed by atoms with Crippen LogP contribution in [0, 0.1) is 5.92 Å². The predicted octanol–water partition coefficient (Wildman–Crippen LogP) is 3.08. The van der Waals surface area contributed by atoms with Gasteiger partial charge < -0.3 is 14.5 Å². The highest BCUT2D eigenvalue weighted by atomic mass is 16.5. The summed E-state index contributed by atoms with van der Waals surface area (Å²) in [5.74, 6) is 0.367. The third kappa shape index (κ3) is 4.92. The lowest BCUT2D eigenvalue weighted by atomic mass is 9.93. The van der Waals surface area contributed by atoms with Crippen molar-refractivity contribution in [1.29, 1.82) is 0 Å². The molecule has 0 spiro atoms. The third-order valence-corrected chi connectivity index (χ3v) is 4.34. The van der Waals surface area contributed by atoms with Gasteiger partial charge in [-0.3, -0.25) is 9.59 Å². The zero-order chi connectivity index (χ0) is 18.4. The Morgan fingerprint density at radius 1 is 1.28 bits per heavy atom. The zero-order valence-electron chi connectivity index (χ0n) is 15.6. The average molecular weight is 344 g/mol. The molecule has 1 atom stereocenters. The van der Waals surface area contributed by atoms with Gasteiger partial charge in [-0.05, 0) is 23.1 Å². The fraction of sp³-hybridized carbons (Fsp3) is 0.500. The van der Waals surface area contributed by atoms with Gasteiger partial charge in [0.25, 0.3) is 0 Å². The van der Waals surface area contributed by atoms with Crippen LogP contribution in [0.2, 0.25) is 0 Å². The Morgan fingerprint density at radius 3 is 2.64 bits per heavy atom. The second-order valence-electron chi connectivity index (χ2n) is 6.82. The summed E-state index contributed by atoms with van der Waals surface area (Å²) in [6.07, 6.45) is 3.98. The van der Waals surface area contributed by atoms with Gasteiger partial charge in [-0.25, -0.2) is 0 Å². The SMILES string of the molecule is COCCN(CC(C)C)C(=O)CC1c2ccccc2C=CN1C(C)=O. The number of methoxy groups -OCH3 is 1. The van der Waals surface area contributed by atoms with E-state index in [4.69, 9.17) is 4.74 Å². The number of amides is 2. The number of benzene rings is 1. The fourth-order valence-corrected chi connectivity index (χ4v) is 3.17. The summed E-state index contributed by atoms with van der Waals surface area (Å²) in [6, 6.07) is 7.66. The van der Waals surface area contributed by atoms with Crippen molar-refractivity contribution in [3.63, 3.8) is 0 Å². The van der Waals surface area contributed by atoms with Crippen LogP contribution in [0.25, 0.3) is 6.08 Å². The maximum absolute atomic E-state index is 12.9. The first-order chi connectivity index (χ1) is 11.9. The van der Waals surface area contributed by atoms with Gasteiger partial charge in [0.15, 0.2) is 0 Å². The second-order valence-corrected chi connectivity index (χ2v) is 6.82. The molecule has 2 amide bonds. The van der Waals surface area contributed by atoms with Gasteiger partial charge in [-0.1, -0.05) is 38.1 Å². The Morgan fingerprint density at radius 2 is 2.00 bits per heavy atom. The molecule has 0 bridgehead atoms. The van der Waals surface area contributed by atoms with E-state index in [0.29, 0.717) is 25.6 Å². The topological polar surface area (TPSA) is 49.9 Å². The van der Waals surface area contributed by atoms with E-state index in [-0.39, 0.29) is 24.3 Å². The number of carbonyl (C=O) groups excluding carboxylic acids is 2. The Balaban J connectivity index is 2.22. The molecule has 25 heavy (non-hydrogen) atoms. The number of rotatable bonds is 7. The van der Waals surface area contributed by atoms with Crippen molar-refractivity contribution in [1.82, 2.24) is 9.80 Å². The maximum atomic E-state index is 12.9. The lowest BCUT2D eigenvalue weighted by molar-refractivity contribution is -0.135. The molecular weight excluding hydrogens is 316 g/mol. The molecule has 1 aromatic rings. The number of hydrogen-bond donors (Lipinski definition) is 0. The summed E-state index contributed by atoms with van der Waals surface area (Å²) in [7, 11) is 1.64. The van der Waals surface area contributed by atoms with Crippen LogP contribution in [-0.2, 0) is 14.3 Å². The van der Waals surface area contributed by atoms with E-state index in [2.05, 4.69) is 13.8 Å².